The third-order valence-electron chi connectivity index (χ3n) is 3.41. The molecule has 1 aromatic heterocycles. The van der Waals surface area contributed by atoms with Gasteiger partial charge in [0, 0.05) is 11.3 Å². The Morgan fingerprint density at radius 1 is 1.32 bits per heavy atom. The van der Waals surface area contributed by atoms with Crippen molar-refractivity contribution >= 4 is 29.1 Å². The molecule has 0 saturated carbocycles. The van der Waals surface area contributed by atoms with Gasteiger partial charge in [0.2, 0.25) is 0 Å². The van der Waals surface area contributed by atoms with E-state index in [1.807, 2.05) is 13.8 Å². The molecule has 134 valence electrons. The minimum Gasteiger partial charge on any atom is -0.465 e. The van der Waals surface area contributed by atoms with Gasteiger partial charge in [0.1, 0.15) is 6.54 Å². The van der Waals surface area contributed by atoms with Crippen molar-refractivity contribution in [2.24, 2.45) is 0 Å². The number of ether oxygens (including phenoxy) is 1. The lowest BCUT2D eigenvalue weighted by molar-refractivity contribution is -0.140. The normalized spacial score (nSPS) is 10.6. The van der Waals surface area contributed by atoms with Crippen molar-refractivity contribution < 1.29 is 14.3 Å². The molecule has 0 fully saturated rings. The van der Waals surface area contributed by atoms with Gasteiger partial charge in [-0.1, -0.05) is 24.4 Å². The second-order valence-electron chi connectivity index (χ2n) is 5.66. The molecule has 2 rings (SSSR count). The van der Waals surface area contributed by atoms with Gasteiger partial charge >= 0.3 is 5.97 Å². The number of hydrogen-bond donors (Lipinski definition) is 2. The molecule has 2 N–H and O–H groups in total. The first-order chi connectivity index (χ1) is 12.0. The number of carbonyl (C=O) groups excluding carboxylic acids is 2. The second kappa shape index (κ2) is 9.12. The van der Waals surface area contributed by atoms with Gasteiger partial charge in [-0.25, -0.2) is 0 Å². The van der Waals surface area contributed by atoms with Crippen molar-refractivity contribution in [3.05, 3.63) is 40.4 Å². The van der Waals surface area contributed by atoms with Gasteiger partial charge in [-0.05, 0) is 42.6 Å². The molecule has 0 atom stereocenters. The maximum absolute atomic E-state index is 12.3. The third kappa shape index (κ3) is 5.53. The quantitative estimate of drug-likeness (QED) is 0.701. The number of rotatable bonds is 8. The molecule has 2 aromatic rings. The predicted octanol–water partition coefficient (Wildman–Crippen LogP) is 2.57. The summed E-state index contributed by atoms with van der Waals surface area (Å²) in [5.41, 5.74) is 2.11. The van der Waals surface area contributed by atoms with Gasteiger partial charge in [0.05, 0.1) is 23.7 Å². The summed E-state index contributed by atoms with van der Waals surface area (Å²) < 4.78 is 8.81. The van der Waals surface area contributed by atoms with Gasteiger partial charge in [0.15, 0.2) is 0 Å². The Morgan fingerprint density at radius 2 is 2.12 bits per heavy atom. The van der Waals surface area contributed by atoms with Crippen LogP contribution in [-0.4, -0.2) is 34.6 Å². The zero-order valence-electron chi connectivity index (χ0n) is 14.5. The van der Waals surface area contributed by atoms with Crippen LogP contribution in [0.3, 0.4) is 0 Å². The maximum Gasteiger partial charge on any atom is 0.325 e. The summed E-state index contributed by atoms with van der Waals surface area (Å²) in [6, 6.07) is 6.97. The van der Waals surface area contributed by atoms with Crippen LogP contribution >= 0.6 is 11.5 Å². The highest BCUT2D eigenvalue weighted by molar-refractivity contribution is 7.05. The first-order valence-electron chi connectivity index (χ1n) is 8.10. The van der Waals surface area contributed by atoms with Crippen LogP contribution in [0.25, 0.3) is 0 Å². The van der Waals surface area contributed by atoms with Crippen molar-refractivity contribution in [3.63, 3.8) is 0 Å². The van der Waals surface area contributed by atoms with E-state index < -0.39 is 0 Å². The van der Waals surface area contributed by atoms with Crippen LogP contribution < -0.4 is 10.6 Å². The van der Waals surface area contributed by atoms with Crippen LogP contribution in [0.4, 0.5) is 5.69 Å². The minimum atomic E-state index is -0.337. The van der Waals surface area contributed by atoms with Crippen molar-refractivity contribution in [1.82, 2.24) is 14.9 Å². The maximum atomic E-state index is 12.3. The number of esters is 1. The molecule has 0 radical (unpaired) electrons. The highest BCUT2D eigenvalue weighted by Crippen LogP contribution is 2.19. The van der Waals surface area contributed by atoms with Crippen molar-refractivity contribution in [1.29, 1.82) is 0 Å². The lowest BCUT2D eigenvalue weighted by Gasteiger charge is -2.09. The second-order valence-corrected chi connectivity index (χ2v) is 6.50. The number of nitrogens with zero attached hydrogens (tertiary/aromatic N) is 2. The number of aromatic nitrogens is 2. The molecular formula is C17H22N4O3S. The largest absolute Gasteiger partial charge is 0.465 e. The van der Waals surface area contributed by atoms with E-state index in [-0.39, 0.29) is 24.3 Å². The van der Waals surface area contributed by atoms with Crippen molar-refractivity contribution in [3.8, 4) is 0 Å². The Labute approximate surface area is 150 Å². The minimum absolute atomic E-state index is 0.0587. The van der Waals surface area contributed by atoms with E-state index in [9.17, 15) is 9.59 Å². The molecule has 25 heavy (non-hydrogen) atoms. The van der Waals surface area contributed by atoms with Gasteiger partial charge in [-0.2, -0.15) is 0 Å². The number of nitrogens with one attached hydrogen (secondary N) is 2. The summed E-state index contributed by atoms with van der Waals surface area (Å²) >= 11 is 1.29. The summed E-state index contributed by atoms with van der Waals surface area (Å²) in [6.07, 6.45) is 0. The first-order valence-corrected chi connectivity index (χ1v) is 8.87. The van der Waals surface area contributed by atoms with E-state index in [2.05, 4.69) is 20.2 Å². The van der Waals surface area contributed by atoms with Crippen molar-refractivity contribution in [2.75, 3.05) is 18.5 Å². The van der Waals surface area contributed by atoms with Crippen LogP contribution in [0, 0.1) is 0 Å². The third-order valence-corrected chi connectivity index (χ3v) is 4.15. The predicted molar refractivity (Wildman–Crippen MR) is 96.7 cm³/mol. The molecule has 1 amide bonds. The molecule has 8 heteroatoms. The molecule has 0 unspecified atom stereocenters. The Balaban J connectivity index is 1.94. The highest BCUT2D eigenvalue weighted by atomic mass is 32.1. The van der Waals surface area contributed by atoms with E-state index >= 15 is 0 Å². The molecule has 1 heterocycles. The molecule has 0 aliphatic rings. The highest BCUT2D eigenvalue weighted by Gasteiger charge is 2.13. The summed E-state index contributed by atoms with van der Waals surface area (Å²) in [4.78, 5) is 24.7. The first kappa shape index (κ1) is 18.9. The average Bonchev–Trinajstić information content (AvgIpc) is 3.07. The number of benzene rings is 1. The number of amides is 1. The fourth-order valence-electron chi connectivity index (χ4n) is 2.20. The zero-order valence-corrected chi connectivity index (χ0v) is 15.4. The van der Waals surface area contributed by atoms with E-state index in [4.69, 9.17) is 4.74 Å². The molecule has 0 aliphatic carbocycles. The van der Waals surface area contributed by atoms with Crippen LogP contribution in [0.1, 0.15) is 47.6 Å². The molecule has 0 aliphatic heterocycles. The van der Waals surface area contributed by atoms with E-state index in [1.54, 1.807) is 31.2 Å². The molecule has 1 aromatic carbocycles. The molecular weight excluding hydrogens is 340 g/mol. The van der Waals surface area contributed by atoms with E-state index in [0.717, 1.165) is 10.6 Å². The molecule has 0 spiro atoms. The fourth-order valence-corrected chi connectivity index (χ4v) is 2.93. The number of anilines is 1. The average molecular weight is 362 g/mol. The molecule has 0 bridgehead atoms. The summed E-state index contributed by atoms with van der Waals surface area (Å²) in [6.45, 7) is 6.63. The standard InChI is InChI=1S/C17H22N4O3S/c1-4-24-15(22)10-18-13-7-5-6-12(8-13)17(23)19-9-14-16(11(2)3)20-21-25-14/h5-8,11,18H,4,9-10H2,1-3H3,(H,19,23). The van der Waals surface area contributed by atoms with E-state index in [0.29, 0.717) is 24.4 Å². The SMILES string of the molecule is CCOC(=O)CNc1cccc(C(=O)NCc2snnc2C(C)C)c1. The van der Waals surface area contributed by atoms with Gasteiger partial charge in [-0.3, -0.25) is 9.59 Å². The van der Waals surface area contributed by atoms with Crippen molar-refractivity contribution in [2.45, 2.75) is 33.2 Å². The molecule has 7 nitrogen and oxygen atoms in total. The summed E-state index contributed by atoms with van der Waals surface area (Å²) in [5, 5.41) is 9.93. The number of carbonyl (C=O) groups is 2. The Bertz CT molecular complexity index is 730. The Kier molecular flexibility index (Phi) is 6.88. The van der Waals surface area contributed by atoms with Crippen LogP contribution in [0.15, 0.2) is 24.3 Å². The Morgan fingerprint density at radius 3 is 2.84 bits per heavy atom. The zero-order chi connectivity index (χ0) is 18.2. The van der Waals surface area contributed by atoms with Crippen LogP contribution in [0.5, 0.6) is 0 Å². The lowest BCUT2D eigenvalue weighted by Crippen LogP contribution is -2.23. The topological polar surface area (TPSA) is 93.2 Å². The smallest absolute Gasteiger partial charge is 0.325 e. The van der Waals surface area contributed by atoms with Gasteiger partial charge in [-0.15, -0.1) is 5.10 Å². The fraction of sp³-hybridized carbons (Fsp3) is 0.412. The van der Waals surface area contributed by atoms with Gasteiger partial charge < -0.3 is 15.4 Å². The van der Waals surface area contributed by atoms with E-state index in [1.165, 1.54) is 11.5 Å². The van der Waals surface area contributed by atoms with Crippen LogP contribution in [-0.2, 0) is 16.1 Å². The monoisotopic (exact) mass is 362 g/mol. The summed E-state index contributed by atoms with van der Waals surface area (Å²) in [5.74, 6) is -0.264. The lowest BCUT2D eigenvalue weighted by atomic mass is 10.1. The number of hydrogen-bond acceptors (Lipinski definition) is 7. The summed E-state index contributed by atoms with van der Waals surface area (Å²) in [7, 11) is 0. The Hall–Kier alpha value is -2.48. The van der Waals surface area contributed by atoms with Gasteiger partial charge in [0.25, 0.3) is 5.91 Å². The molecule has 0 saturated heterocycles. The van der Waals surface area contributed by atoms with Crippen LogP contribution in [0.2, 0.25) is 0 Å².